The number of rotatable bonds is 5. The van der Waals surface area contributed by atoms with Crippen LogP contribution in [0.15, 0.2) is 48.2 Å². The van der Waals surface area contributed by atoms with Crippen molar-refractivity contribution in [2.75, 3.05) is 0 Å². The molecule has 142 valence electrons. The second-order valence-electron chi connectivity index (χ2n) is 7.33. The number of aromatic nitrogens is 4. The first-order chi connectivity index (χ1) is 13.6. The van der Waals surface area contributed by atoms with Gasteiger partial charge in [0.25, 0.3) is 5.91 Å². The van der Waals surface area contributed by atoms with Crippen LogP contribution in [0.25, 0.3) is 16.2 Å². The third kappa shape index (κ3) is 2.92. The molecular formula is C21H21N5OS. The third-order valence-electron chi connectivity index (χ3n) is 5.33. The van der Waals surface area contributed by atoms with E-state index in [1.165, 1.54) is 16.9 Å². The standard InChI is InChI=1S/C21H21N5OS/c1-14-5-3-4-6-16(14)17-11-26-18(13-28-21(26)23-17)20(27)25(15-7-8-15)12-19-22-9-10-24(19)2/h3-6,9-11,13,15H,7-8,12H2,1-2H3. The van der Waals surface area contributed by atoms with Gasteiger partial charge in [-0.3, -0.25) is 9.20 Å². The highest BCUT2D eigenvalue weighted by molar-refractivity contribution is 7.15. The first-order valence-electron chi connectivity index (χ1n) is 9.41. The predicted octanol–water partition coefficient (Wildman–Crippen LogP) is 3.91. The molecule has 0 bridgehead atoms. The summed E-state index contributed by atoms with van der Waals surface area (Å²) < 4.78 is 3.90. The first-order valence-corrected chi connectivity index (χ1v) is 10.3. The quantitative estimate of drug-likeness (QED) is 0.518. The van der Waals surface area contributed by atoms with E-state index in [0.717, 1.165) is 34.9 Å². The first kappa shape index (κ1) is 17.2. The second kappa shape index (κ2) is 6.60. The number of amides is 1. The number of benzene rings is 1. The average Bonchev–Trinajstić information content (AvgIpc) is 3.12. The molecule has 0 unspecified atom stereocenters. The minimum Gasteiger partial charge on any atom is -0.337 e. The lowest BCUT2D eigenvalue weighted by atomic mass is 10.1. The zero-order valence-electron chi connectivity index (χ0n) is 15.9. The molecule has 28 heavy (non-hydrogen) atoms. The van der Waals surface area contributed by atoms with Crippen LogP contribution < -0.4 is 0 Å². The number of nitrogens with zero attached hydrogens (tertiary/aromatic N) is 5. The summed E-state index contributed by atoms with van der Waals surface area (Å²) in [5.41, 5.74) is 3.86. The molecule has 7 heteroatoms. The van der Waals surface area contributed by atoms with Crippen LogP contribution in [0, 0.1) is 6.92 Å². The van der Waals surface area contributed by atoms with Crippen LogP contribution in [0.2, 0.25) is 0 Å². The van der Waals surface area contributed by atoms with Gasteiger partial charge in [0.1, 0.15) is 11.5 Å². The van der Waals surface area contributed by atoms with Crippen molar-refractivity contribution in [2.24, 2.45) is 7.05 Å². The molecule has 6 nitrogen and oxygen atoms in total. The maximum Gasteiger partial charge on any atom is 0.272 e. The maximum atomic E-state index is 13.4. The topological polar surface area (TPSA) is 55.4 Å². The molecule has 1 amide bonds. The van der Waals surface area contributed by atoms with Gasteiger partial charge in [-0.05, 0) is 25.3 Å². The number of thiazole rings is 1. The molecule has 1 saturated carbocycles. The average molecular weight is 392 g/mol. The zero-order chi connectivity index (χ0) is 19.3. The van der Waals surface area contributed by atoms with Gasteiger partial charge in [-0.25, -0.2) is 9.97 Å². The minimum absolute atomic E-state index is 0.0467. The van der Waals surface area contributed by atoms with Crippen molar-refractivity contribution >= 4 is 22.2 Å². The van der Waals surface area contributed by atoms with E-state index in [1.54, 1.807) is 6.20 Å². The lowest BCUT2D eigenvalue weighted by Gasteiger charge is -2.21. The monoisotopic (exact) mass is 391 g/mol. The highest BCUT2D eigenvalue weighted by Crippen LogP contribution is 2.31. The highest BCUT2D eigenvalue weighted by Gasteiger charge is 2.35. The van der Waals surface area contributed by atoms with E-state index < -0.39 is 0 Å². The Morgan fingerprint density at radius 1 is 1.32 bits per heavy atom. The minimum atomic E-state index is 0.0467. The Morgan fingerprint density at radius 2 is 2.14 bits per heavy atom. The van der Waals surface area contributed by atoms with E-state index in [0.29, 0.717) is 18.3 Å². The lowest BCUT2D eigenvalue weighted by molar-refractivity contribution is 0.0717. The van der Waals surface area contributed by atoms with Gasteiger partial charge in [-0.15, -0.1) is 11.3 Å². The Balaban J connectivity index is 1.50. The van der Waals surface area contributed by atoms with Crippen LogP contribution >= 0.6 is 11.3 Å². The molecule has 1 aromatic carbocycles. The van der Waals surface area contributed by atoms with Crippen LogP contribution in [-0.2, 0) is 13.6 Å². The van der Waals surface area contributed by atoms with Crippen molar-refractivity contribution < 1.29 is 4.79 Å². The summed E-state index contributed by atoms with van der Waals surface area (Å²) in [7, 11) is 1.96. The molecule has 0 spiro atoms. The number of aryl methyl sites for hydroxylation is 2. The SMILES string of the molecule is Cc1ccccc1-c1cn2c(C(=O)N(Cc3nccn3C)C3CC3)csc2n1. The van der Waals surface area contributed by atoms with Gasteiger partial charge in [0.05, 0.1) is 12.2 Å². The maximum absolute atomic E-state index is 13.4. The van der Waals surface area contributed by atoms with Crippen molar-refractivity contribution in [2.45, 2.75) is 32.4 Å². The van der Waals surface area contributed by atoms with Gasteiger partial charge in [-0.2, -0.15) is 0 Å². The van der Waals surface area contributed by atoms with Gasteiger partial charge in [0.2, 0.25) is 0 Å². The van der Waals surface area contributed by atoms with Crippen LogP contribution in [0.1, 0.15) is 34.7 Å². The van der Waals surface area contributed by atoms with Crippen molar-refractivity contribution in [1.82, 2.24) is 23.8 Å². The fraction of sp³-hybridized carbons (Fsp3) is 0.286. The van der Waals surface area contributed by atoms with Gasteiger partial charge in [0, 0.05) is 42.6 Å². The predicted molar refractivity (Wildman–Crippen MR) is 109 cm³/mol. The molecule has 1 aliphatic carbocycles. The summed E-state index contributed by atoms with van der Waals surface area (Å²) in [6.45, 7) is 2.61. The van der Waals surface area contributed by atoms with Crippen molar-refractivity contribution in [1.29, 1.82) is 0 Å². The van der Waals surface area contributed by atoms with E-state index in [1.807, 2.05) is 50.8 Å². The molecule has 3 aromatic heterocycles. The summed E-state index contributed by atoms with van der Waals surface area (Å²) >= 11 is 1.51. The number of carbonyl (C=O) groups is 1. The highest BCUT2D eigenvalue weighted by atomic mass is 32.1. The summed E-state index contributed by atoms with van der Waals surface area (Å²) in [5, 5.41) is 1.92. The number of hydrogen-bond acceptors (Lipinski definition) is 4. The summed E-state index contributed by atoms with van der Waals surface area (Å²) in [4.78, 5) is 25.3. The van der Waals surface area contributed by atoms with Gasteiger partial charge < -0.3 is 9.47 Å². The molecule has 3 heterocycles. The molecule has 0 saturated heterocycles. The summed E-state index contributed by atoms with van der Waals surface area (Å²) in [6.07, 6.45) is 7.78. The number of hydrogen-bond donors (Lipinski definition) is 0. The Bertz CT molecular complexity index is 1170. The fourth-order valence-corrected chi connectivity index (χ4v) is 4.38. The second-order valence-corrected chi connectivity index (χ2v) is 8.17. The number of fused-ring (bicyclic) bond motifs is 1. The van der Waals surface area contributed by atoms with Crippen molar-refractivity contribution in [3.63, 3.8) is 0 Å². The molecule has 0 radical (unpaired) electrons. The van der Waals surface area contributed by atoms with Gasteiger partial charge >= 0.3 is 0 Å². The Labute approximate surface area is 167 Å². The number of imidazole rings is 2. The van der Waals surface area contributed by atoms with E-state index in [-0.39, 0.29) is 5.91 Å². The van der Waals surface area contributed by atoms with Gasteiger partial charge in [0.15, 0.2) is 4.96 Å². The molecule has 0 N–H and O–H groups in total. The van der Waals surface area contributed by atoms with Crippen LogP contribution in [0.4, 0.5) is 0 Å². The van der Waals surface area contributed by atoms with E-state index >= 15 is 0 Å². The van der Waals surface area contributed by atoms with E-state index in [4.69, 9.17) is 4.98 Å². The summed E-state index contributed by atoms with van der Waals surface area (Å²) in [6, 6.07) is 8.50. The van der Waals surface area contributed by atoms with Gasteiger partial charge in [-0.1, -0.05) is 24.3 Å². The van der Waals surface area contributed by atoms with E-state index in [9.17, 15) is 4.79 Å². The lowest BCUT2D eigenvalue weighted by Crippen LogP contribution is -2.34. The molecular weight excluding hydrogens is 370 g/mol. The molecule has 5 rings (SSSR count). The Hall–Kier alpha value is -2.93. The van der Waals surface area contributed by atoms with Crippen molar-refractivity contribution in [3.8, 4) is 11.3 Å². The normalized spacial score (nSPS) is 13.9. The smallest absolute Gasteiger partial charge is 0.272 e. The molecule has 0 atom stereocenters. The molecule has 0 aliphatic heterocycles. The zero-order valence-corrected chi connectivity index (χ0v) is 16.7. The van der Waals surface area contributed by atoms with Crippen LogP contribution in [0.3, 0.4) is 0 Å². The van der Waals surface area contributed by atoms with E-state index in [2.05, 4.69) is 24.0 Å². The third-order valence-corrected chi connectivity index (χ3v) is 6.17. The van der Waals surface area contributed by atoms with Crippen LogP contribution in [-0.4, -0.2) is 35.8 Å². The van der Waals surface area contributed by atoms with Crippen molar-refractivity contribution in [3.05, 3.63) is 65.3 Å². The summed E-state index contributed by atoms with van der Waals surface area (Å²) in [5.74, 6) is 0.948. The Kier molecular flexibility index (Phi) is 4.05. The molecule has 4 aromatic rings. The molecule has 1 aliphatic rings. The van der Waals surface area contributed by atoms with Crippen LogP contribution in [0.5, 0.6) is 0 Å². The largest absolute Gasteiger partial charge is 0.337 e. The fourth-order valence-electron chi connectivity index (χ4n) is 3.53. The Morgan fingerprint density at radius 3 is 2.86 bits per heavy atom. The number of carbonyl (C=O) groups excluding carboxylic acids is 1. The molecule has 1 fully saturated rings.